The van der Waals surface area contributed by atoms with Gasteiger partial charge in [-0.05, 0) is 24.8 Å². The topological polar surface area (TPSA) is 41.2 Å². The molecule has 1 heterocycles. The summed E-state index contributed by atoms with van der Waals surface area (Å²) in [5.74, 6) is -0.700. The maximum Gasteiger partial charge on any atom is 0.303 e. The third-order valence-electron chi connectivity index (χ3n) is 3.31. The van der Waals surface area contributed by atoms with E-state index in [1.165, 1.54) is 5.56 Å². The number of carboxylic acid groups (broad SMARTS) is 1. The second-order valence-corrected chi connectivity index (χ2v) is 4.90. The zero-order valence-corrected chi connectivity index (χ0v) is 11.5. The van der Waals surface area contributed by atoms with Crippen LogP contribution in [0.15, 0.2) is 54.9 Å². The van der Waals surface area contributed by atoms with Crippen molar-refractivity contribution in [3.63, 3.8) is 0 Å². The van der Waals surface area contributed by atoms with E-state index in [1.807, 2.05) is 30.6 Å². The highest BCUT2D eigenvalue weighted by Crippen LogP contribution is 2.09. The number of aliphatic carboxylic acids is 1. The standard InChI is InChI=1S/C17H19NO2/c19-17(20)8-4-1-3-7-15-9-11-16(12-10-15)18-13-5-2-6-14-18/h2,5-6,9-14H,1,3-4,7-8H2/p+1. The summed E-state index contributed by atoms with van der Waals surface area (Å²) in [5.41, 5.74) is 2.46. The first-order valence-corrected chi connectivity index (χ1v) is 7.03. The molecule has 0 fully saturated rings. The molecule has 0 aliphatic heterocycles. The molecule has 0 bridgehead atoms. The summed E-state index contributed by atoms with van der Waals surface area (Å²) in [5, 5.41) is 8.57. The highest BCUT2D eigenvalue weighted by molar-refractivity contribution is 5.66. The number of aromatic nitrogens is 1. The Hall–Kier alpha value is -2.16. The average Bonchev–Trinajstić information content (AvgIpc) is 2.48. The molecule has 20 heavy (non-hydrogen) atoms. The Morgan fingerprint density at radius 2 is 1.65 bits per heavy atom. The first kappa shape index (κ1) is 14.3. The van der Waals surface area contributed by atoms with Crippen LogP contribution in [0.2, 0.25) is 0 Å². The summed E-state index contributed by atoms with van der Waals surface area (Å²) >= 11 is 0. The summed E-state index contributed by atoms with van der Waals surface area (Å²) in [6, 6.07) is 14.5. The van der Waals surface area contributed by atoms with Gasteiger partial charge in [-0.1, -0.05) is 24.6 Å². The molecule has 0 aliphatic carbocycles. The number of benzene rings is 1. The summed E-state index contributed by atoms with van der Waals surface area (Å²) in [6.45, 7) is 0. The second kappa shape index (κ2) is 7.43. The fourth-order valence-corrected chi connectivity index (χ4v) is 2.19. The number of aryl methyl sites for hydroxylation is 1. The number of carboxylic acids is 1. The van der Waals surface area contributed by atoms with Gasteiger partial charge in [-0.3, -0.25) is 4.79 Å². The van der Waals surface area contributed by atoms with E-state index in [1.54, 1.807) is 0 Å². The second-order valence-electron chi connectivity index (χ2n) is 4.90. The van der Waals surface area contributed by atoms with Crippen molar-refractivity contribution in [2.45, 2.75) is 32.1 Å². The van der Waals surface area contributed by atoms with Crippen LogP contribution in [0.5, 0.6) is 0 Å². The maximum atomic E-state index is 10.4. The van der Waals surface area contributed by atoms with Crippen molar-refractivity contribution in [2.75, 3.05) is 0 Å². The maximum absolute atomic E-state index is 10.4. The molecule has 2 rings (SSSR count). The Balaban J connectivity index is 1.82. The molecule has 104 valence electrons. The molecule has 1 aromatic heterocycles. The minimum Gasteiger partial charge on any atom is -0.481 e. The SMILES string of the molecule is O=C(O)CCCCCc1ccc(-[n+]2ccccc2)cc1. The Morgan fingerprint density at radius 1 is 0.950 bits per heavy atom. The molecule has 0 saturated carbocycles. The lowest BCUT2D eigenvalue weighted by Crippen LogP contribution is -2.28. The van der Waals surface area contributed by atoms with Gasteiger partial charge < -0.3 is 5.11 Å². The van der Waals surface area contributed by atoms with E-state index in [-0.39, 0.29) is 6.42 Å². The van der Waals surface area contributed by atoms with Crippen molar-refractivity contribution in [3.8, 4) is 5.69 Å². The number of nitrogens with zero attached hydrogens (tertiary/aromatic N) is 1. The molecule has 1 aromatic carbocycles. The van der Waals surface area contributed by atoms with Gasteiger partial charge in [0, 0.05) is 30.7 Å². The van der Waals surface area contributed by atoms with E-state index in [0.29, 0.717) is 0 Å². The predicted octanol–water partition coefficient (Wildman–Crippen LogP) is 3.15. The van der Waals surface area contributed by atoms with Crippen molar-refractivity contribution in [3.05, 3.63) is 60.4 Å². The largest absolute Gasteiger partial charge is 0.481 e. The van der Waals surface area contributed by atoms with Crippen molar-refractivity contribution in [1.29, 1.82) is 0 Å². The first-order chi connectivity index (χ1) is 9.75. The van der Waals surface area contributed by atoms with Crippen LogP contribution in [0, 0.1) is 0 Å². The zero-order chi connectivity index (χ0) is 14.2. The molecule has 1 N–H and O–H groups in total. The fourth-order valence-electron chi connectivity index (χ4n) is 2.19. The van der Waals surface area contributed by atoms with Gasteiger partial charge in [-0.25, -0.2) is 0 Å². The predicted molar refractivity (Wildman–Crippen MR) is 77.8 cm³/mol. The van der Waals surface area contributed by atoms with E-state index >= 15 is 0 Å². The van der Waals surface area contributed by atoms with Crippen LogP contribution in [0.3, 0.4) is 0 Å². The normalized spacial score (nSPS) is 10.4. The molecule has 0 atom stereocenters. The van der Waals surface area contributed by atoms with Gasteiger partial charge in [-0.2, -0.15) is 4.57 Å². The van der Waals surface area contributed by atoms with Crippen LogP contribution in [-0.2, 0) is 11.2 Å². The van der Waals surface area contributed by atoms with E-state index in [2.05, 4.69) is 28.8 Å². The van der Waals surface area contributed by atoms with Gasteiger partial charge in [0.2, 0.25) is 5.69 Å². The number of hydrogen-bond acceptors (Lipinski definition) is 1. The van der Waals surface area contributed by atoms with E-state index in [9.17, 15) is 4.79 Å². The van der Waals surface area contributed by atoms with E-state index < -0.39 is 5.97 Å². The monoisotopic (exact) mass is 270 g/mol. The van der Waals surface area contributed by atoms with Gasteiger partial charge in [-0.15, -0.1) is 0 Å². The van der Waals surface area contributed by atoms with Gasteiger partial charge in [0.05, 0.1) is 0 Å². The van der Waals surface area contributed by atoms with E-state index in [0.717, 1.165) is 31.4 Å². The zero-order valence-electron chi connectivity index (χ0n) is 11.5. The van der Waals surface area contributed by atoms with Crippen molar-refractivity contribution < 1.29 is 14.5 Å². The molecule has 3 nitrogen and oxygen atoms in total. The van der Waals surface area contributed by atoms with Crippen LogP contribution in [0.4, 0.5) is 0 Å². The van der Waals surface area contributed by atoms with E-state index in [4.69, 9.17) is 5.11 Å². The quantitative estimate of drug-likeness (QED) is 0.620. The lowest BCUT2D eigenvalue weighted by molar-refractivity contribution is -0.595. The molecule has 0 saturated heterocycles. The summed E-state index contributed by atoms with van der Waals surface area (Å²) in [7, 11) is 0. The van der Waals surface area contributed by atoms with Gasteiger partial charge in [0.15, 0.2) is 12.4 Å². The Labute approximate surface area is 119 Å². The number of hydrogen-bond donors (Lipinski definition) is 1. The number of unbranched alkanes of at least 4 members (excludes halogenated alkanes) is 2. The number of rotatable bonds is 7. The number of carbonyl (C=O) groups is 1. The minimum absolute atomic E-state index is 0.281. The molecule has 3 heteroatoms. The Bertz CT molecular complexity index is 535. The van der Waals surface area contributed by atoms with Gasteiger partial charge in [0.25, 0.3) is 0 Å². The Kier molecular flexibility index (Phi) is 5.30. The Morgan fingerprint density at radius 3 is 2.30 bits per heavy atom. The molecule has 0 amide bonds. The van der Waals surface area contributed by atoms with Crippen molar-refractivity contribution in [2.24, 2.45) is 0 Å². The highest BCUT2D eigenvalue weighted by Gasteiger charge is 2.03. The third kappa shape index (κ3) is 4.50. The molecular formula is C17H20NO2+. The minimum atomic E-state index is -0.700. The van der Waals surface area contributed by atoms with Gasteiger partial charge in [0.1, 0.15) is 0 Å². The van der Waals surface area contributed by atoms with Crippen LogP contribution in [0.25, 0.3) is 5.69 Å². The van der Waals surface area contributed by atoms with Crippen LogP contribution in [-0.4, -0.2) is 11.1 Å². The summed E-state index contributed by atoms with van der Waals surface area (Å²) in [4.78, 5) is 10.4. The number of pyridine rings is 1. The molecule has 0 radical (unpaired) electrons. The van der Waals surface area contributed by atoms with Crippen LogP contribution in [0.1, 0.15) is 31.2 Å². The molecule has 0 unspecified atom stereocenters. The van der Waals surface area contributed by atoms with Gasteiger partial charge >= 0.3 is 5.97 Å². The molecule has 2 aromatic rings. The lowest BCUT2D eigenvalue weighted by atomic mass is 10.1. The first-order valence-electron chi connectivity index (χ1n) is 7.03. The van der Waals surface area contributed by atoms with Crippen LogP contribution < -0.4 is 4.57 Å². The third-order valence-corrected chi connectivity index (χ3v) is 3.31. The highest BCUT2D eigenvalue weighted by atomic mass is 16.4. The average molecular weight is 270 g/mol. The molecule has 0 aliphatic rings. The van der Waals surface area contributed by atoms with Crippen molar-refractivity contribution in [1.82, 2.24) is 0 Å². The molecule has 0 spiro atoms. The summed E-state index contributed by atoms with van der Waals surface area (Å²) in [6.07, 6.45) is 8.14. The summed E-state index contributed by atoms with van der Waals surface area (Å²) < 4.78 is 2.08. The lowest BCUT2D eigenvalue weighted by Gasteiger charge is -2.01. The molecular weight excluding hydrogens is 250 g/mol. The smallest absolute Gasteiger partial charge is 0.303 e. The van der Waals surface area contributed by atoms with Crippen molar-refractivity contribution >= 4 is 5.97 Å². The van der Waals surface area contributed by atoms with Crippen LogP contribution >= 0.6 is 0 Å². The fraction of sp³-hybridized carbons (Fsp3) is 0.294.